The highest BCUT2D eigenvalue weighted by atomic mass is 32.2. The lowest BCUT2D eigenvalue weighted by Gasteiger charge is -2.49. The lowest BCUT2D eigenvalue weighted by molar-refractivity contribution is -0.162. The Labute approximate surface area is 147 Å². The third-order valence-electron chi connectivity index (χ3n) is 4.36. The third kappa shape index (κ3) is 3.21. The Morgan fingerprint density at radius 1 is 1.32 bits per heavy atom. The number of methoxy groups -OCH3 is 1. The first-order chi connectivity index (χ1) is 12.0. The molecule has 3 atom stereocenters. The average Bonchev–Trinajstić information content (AvgIpc) is 2.60. The maximum Gasteiger partial charge on any atom is 0.302 e. The van der Waals surface area contributed by atoms with Crippen molar-refractivity contribution in [1.82, 2.24) is 9.80 Å². The van der Waals surface area contributed by atoms with E-state index in [1.165, 1.54) is 18.9 Å². The minimum absolute atomic E-state index is 0.0625. The quantitative estimate of drug-likeness (QED) is 0.442. The van der Waals surface area contributed by atoms with Crippen molar-refractivity contribution in [3.8, 4) is 0 Å². The molecule has 0 aromatic heterocycles. The minimum atomic E-state index is -1.43. The van der Waals surface area contributed by atoms with E-state index in [1.54, 1.807) is 4.90 Å². The van der Waals surface area contributed by atoms with Gasteiger partial charge in [0.05, 0.1) is 29.8 Å². The predicted molar refractivity (Wildman–Crippen MR) is 85.5 cm³/mol. The summed E-state index contributed by atoms with van der Waals surface area (Å²) >= 11 is 0. The van der Waals surface area contributed by atoms with Gasteiger partial charge < -0.3 is 19.1 Å². The summed E-state index contributed by atoms with van der Waals surface area (Å²) in [5.74, 6) is -1.19. The van der Waals surface area contributed by atoms with Gasteiger partial charge in [-0.2, -0.15) is 0 Å². The lowest BCUT2D eigenvalue weighted by atomic mass is 10.0. The Balaban J connectivity index is 1.94. The molecule has 0 radical (unpaired) electrons. The summed E-state index contributed by atoms with van der Waals surface area (Å²) in [6, 6.07) is 0. The number of rotatable bonds is 4. The van der Waals surface area contributed by atoms with Crippen molar-refractivity contribution in [2.24, 2.45) is 0 Å². The lowest BCUT2D eigenvalue weighted by Crippen LogP contribution is -2.70. The molecule has 9 nitrogen and oxygen atoms in total. The molecular weight excluding hydrogens is 352 g/mol. The maximum absolute atomic E-state index is 13.0. The standard InChI is InChI=1S/C15H20N2O7S/c1-9(18)24-7-10-8-25(21)15-12(22-2)14(20)17(15)11(10)13(19)16-3-5-23-6-4-16/h12,15H,3-8H2,1-2H3/t12-,15+,25+/m0/s1. The molecule has 2 amide bonds. The van der Waals surface area contributed by atoms with Gasteiger partial charge in [0, 0.05) is 32.7 Å². The van der Waals surface area contributed by atoms with Gasteiger partial charge in [-0.25, -0.2) is 0 Å². The van der Waals surface area contributed by atoms with Crippen LogP contribution in [0.5, 0.6) is 0 Å². The van der Waals surface area contributed by atoms with Crippen LogP contribution < -0.4 is 0 Å². The van der Waals surface area contributed by atoms with Gasteiger partial charge in [0.1, 0.15) is 17.7 Å². The van der Waals surface area contributed by atoms with Crippen molar-refractivity contribution < 1.29 is 32.8 Å². The van der Waals surface area contributed by atoms with Gasteiger partial charge in [0.2, 0.25) is 0 Å². The minimum Gasteiger partial charge on any atom is -0.461 e. The highest BCUT2D eigenvalue weighted by Gasteiger charge is 2.57. The Bertz CT molecular complexity index is 656. The molecular formula is C15H20N2O7S. The van der Waals surface area contributed by atoms with Crippen LogP contribution in [0.2, 0.25) is 0 Å². The normalized spacial score (nSPS) is 29.2. The molecule has 3 rings (SSSR count). The van der Waals surface area contributed by atoms with Crippen LogP contribution in [0, 0.1) is 0 Å². The Morgan fingerprint density at radius 2 is 2.00 bits per heavy atom. The SMILES string of the molecule is CO[C@H]1C(=O)N2C(C(=O)N3CCOCC3)=C(COC(C)=O)C[S@@](=O)[C@H]12. The van der Waals surface area contributed by atoms with Gasteiger partial charge in [-0.1, -0.05) is 0 Å². The molecule has 0 bridgehead atoms. The van der Waals surface area contributed by atoms with E-state index in [2.05, 4.69) is 0 Å². The molecule has 2 fully saturated rings. The highest BCUT2D eigenvalue weighted by Crippen LogP contribution is 2.37. The number of amides is 2. The number of nitrogens with zero attached hydrogens (tertiary/aromatic N) is 2. The number of fused-ring (bicyclic) bond motifs is 1. The number of esters is 1. The zero-order valence-electron chi connectivity index (χ0n) is 14.1. The van der Waals surface area contributed by atoms with E-state index in [0.717, 1.165) is 0 Å². The van der Waals surface area contributed by atoms with Crippen molar-refractivity contribution in [2.45, 2.75) is 18.4 Å². The summed E-state index contributed by atoms with van der Waals surface area (Å²) in [4.78, 5) is 39.3. The second-order valence-electron chi connectivity index (χ2n) is 5.92. The van der Waals surface area contributed by atoms with Crippen LogP contribution in [-0.2, 0) is 39.4 Å². The number of ether oxygens (including phenoxy) is 3. The number of morpholine rings is 1. The van der Waals surface area contributed by atoms with Crippen LogP contribution in [0.15, 0.2) is 11.3 Å². The average molecular weight is 372 g/mol. The smallest absolute Gasteiger partial charge is 0.302 e. The van der Waals surface area contributed by atoms with Gasteiger partial charge in [-0.05, 0) is 0 Å². The summed E-state index contributed by atoms with van der Waals surface area (Å²) < 4.78 is 27.8. The summed E-state index contributed by atoms with van der Waals surface area (Å²) in [6.07, 6.45) is -0.816. The fourth-order valence-corrected chi connectivity index (χ4v) is 4.79. The van der Waals surface area contributed by atoms with E-state index in [9.17, 15) is 18.6 Å². The first-order valence-electron chi connectivity index (χ1n) is 7.91. The largest absolute Gasteiger partial charge is 0.461 e. The maximum atomic E-state index is 13.0. The molecule has 10 heteroatoms. The Morgan fingerprint density at radius 3 is 2.60 bits per heavy atom. The van der Waals surface area contributed by atoms with E-state index < -0.39 is 34.2 Å². The zero-order valence-corrected chi connectivity index (χ0v) is 14.9. The van der Waals surface area contributed by atoms with Gasteiger partial charge >= 0.3 is 5.97 Å². The van der Waals surface area contributed by atoms with Crippen molar-refractivity contribution >= 4 is 28.6 Å². The molecule has 2 saturated heterocycles. The van der Waals surface area contributed by atoms with Crippen molar-refractivity contribution in [1.29, 1.82) is 0 Å². The van der Waals surface area contributed by atoms with Crippen LogP contribution in [0.3, 0.4) is 0 Å². The first kappa shape index (κ1) is 18.0. The number of hydrogen-bond donors (Lipinski definition) is 0. The predicted octanol–water partition coefficient (Wildman–Crippen LogP) is -1.39. The van der Waals surface area contributed by atoms with Crippen LogP contribution in [0.4, 0.5) is 0 Å². The topological polar surface area (TPSA) is 102 Å². The second-order valence-corrected chi connectivity index (χ2v) is 7.45. The molecule has 138 valence electrons. The van der Waals surface area contributed by atoms with Crippen molar-refractivity contribution in [3.63, 3.8) is 0 Å². The summed E-state index contributed by atoms with van der Waals surface area (Å²) in [5, 5.41) is -0.682. The Hall–Kier alpha value is -1.78. The zero-order chi connectivity index (χ0) is 18.1. The molecule has 0 unspecified atom stereocenters. The van der Waals surface area contributed by atoms with Crippen LogP contribution in [-0.4, -0.2) is 89.0 Å². The van der Waals surface area contributed by atoms with E-state index in [0.29, 0.717) is 31.9 Å². The molecule has 0 aromatic rings. The van der Waals surface area contributed by atoms with E-state index in [1.807, 2.05) is 0 Å². The summed E-state index contributed by atoms with van der Waals surface area (Å²) in [6.45, 7) is 2.74. The molecule has 0 saturated carbocycles. The van der Waals surface area contributed by atoms with E-state index in [-0.39, 0.29) is 24.0 Å². The number of hydrogen-bond acceptors (Lipinski definition) is 7. The van der Waals surface area contributed by atoms with Gasteiger partial charge in [-0.3, -0.25) is 23.5 Å². The summed E-state index contributed by atoms with van der Waals surface area (Å²) in [7, 11) is -0.0567. The number of β-lactam (4-membered cyclic amide) rings is 1. The summed E-state index contributed by atoms with van der Waals surface area (Å²) in [5.41, 5.74) is 0.551. The molecule has 3 heterocycles. The molecule has 25 heavy (non-hydrogen) atoms. The Kier molecular flexibility index (Phi) is 5.21. The molecule has 0 aliphatic carbocycles. The molecule has 3 aliphatic heterocycles. The van der Waals surface area contributed by atoms with Crippen LogP contribution in [0.25, 0.3) is 0 Å². The molecule has 0 spiro atoms. The van der Waals surface area contributed by atoms with Gasteiger partial charge in [0.25, 0.3) is 11.8 Å². The van der Waals surface area contributed by atoms with Gasteiger partial charge in [-0.15, -0.1) is 0 Å². The number of carbonyl (C=O) groups is 3. The van der Waals surface area contributed by atoms with Crippen LogP contribution >= 0.6 is 0 Å². The first-order valence-corrected chi connectivity index (χ1v) is 9.29. The van der Waals surface area contributed by atoms with Crippen molar-refractivity contribution in [3.05, 3.63) is 11.3 Å². The molecule has 0 aromatic carbocycles. The highest BCUT2D eigenvalue weighted by molar-refractivity contribution is 7.86. The fourth-order valence-electron chi connectivity index (χ4n) is 3.11. The van der Waals surface area contributed by atoms with Crippen molar-refractivity contribution in [2.75, 3.05) is 45.8 Å². The molecule has 0 N–H and O–H groups in total. The number of carbonyl (C=O) groups excluding carboxylic acids is 3. The van der Waals surface area contributed by atoms with Gasteiger partial charge in [0.15, 0.2) is 6.10 Å². The van der Waals surface area contributed by atoms with Crippen LogP contribution in [0.1, 0.15) is 6.92 Å². The second kappa shape index (κ2) is 7.22. The van der Waals surface area contributed by atoms with E-state index >= 15 is 0 Å². The third-order valence-corrected chi connectivity index (χ3v) is 5.99. The fraction of sp³-hybridized carbons (Fsp3) is 0.667. The molecule has 3 aliphatic rings. The monoisotopic (exact) mass is 372 g/mol. The van der Waals surface area contributed by atoms with E-state index in [4.69, 9.17) is 14.2 Å².